The molecule has 76 valence electrons. The van der Waals surface area contributed by atoms with Gasteiger partial charge in [-0.1, -0.05) is 0 Å². The maximum absolute atomic E-state index is 11.2. The molecule has 1 aromatic heterocycles. The van der Waals surface area contributed by atoms with Gasteiger partial charge in [-0.2, -0.15) is 10.2 Å². The van der Waals surface area contributed by atoms with Gasteiger partial charge < -0.3 is 10.4 Å². The molecule has 0 unspecified atom stereocenters. The summed E-state index contributed by atoms with van der Waals surface area (Å²) in [6.45, 7) is 3.13. The van der Waals surface area contributed by atoms with Crippen molar-refractivity contribution in [2.45, 2.75) is 26.0 Å². The van der Waals surface area contributed by atoms with Gasteiger partial charge in [-0.15, -0.1) is 0 Å². The number of amides is 1. The first kappa shape index (κ1) is 10.6. The fourth-order valence-corrected chi connectivity index (χ4v) is 0.815. The van der Waals surface area contributed by atoms with E-state index in [0.29, 0.717) is 5.69 Å². The Morgan fingerprint density at radius 3 is 2.86 bits per heavy atom. The molecule has 0 aliphatic rings. The van der Waals surface area contributed by atoms with E-state index < -0.39 is 11.5 Å². The Kier molecular flexibility index (Phi) is 3.14. The number of rotatable bonds is 3. The molecule has 0 fully saturated rings. The minimum atomic E-state index is -1.36. The van der Waals surface area contributed by atoms with Crippen LogP contribution in [-0.4, -0.2) is 26.8 Å². The van der Waals surface area contributed by atoms with Crippen molar-refractivity contribution in [2.24, 2.45) is 0 Å². The second-order valence-electron chi connectivity index (χ2n) is 3.46. The van der Waals surface area contributed by atoms with Gasteiger partial charge in [-0.05, 0) is 26.0 Å². The van der Waals surface area contributed by atoms with Crippen molar-refractivity contribution < 1.29 is 9.90 Å². The summed E-state index contributed by atoms with van der Waals surface area (Å²) in [5, 5.41) is 19.3. The minimum Gasteiger partial charge on any atom is -0.381 e. The first-order chi connectivity index (χ1) is 6.50. The summed E-state index contributed by atoms with van der Waals surface area (Å²) < 4.78 is 0. The third-order valence-corrected chi connectivity index (χ3v) is 1.61. The number of aromatic nitrogens is 2. The van der Waals surface area contributed by atoms with Crippen LogP contribution in [0.15, 0.2) is 18.3 Å². The van der Waals surface area contributed by atoms with Gasteiger partial charge in [-0.25, -0.2) is 0 Å². The molecule has 0 aromatic carbocycles. The summed E-state index contributed by atoms with van der Waals surface area (Å²) >= 11 is 0. The molecule has 0 saturated carbocycles. The second-order valence-corrected chi connectivity index (χ2v) is 3.46. The van der Waals surface area contributed by atoms with Gasteiger partial charge in [0.05, 0.1) is 12.2 Å². The van der Waals surface area contributed by atoms with Crippen LogP contribution in [0.3, 0.4) is 0 Å². The monoisotopic (exact) mass is 195 g/mol. The molecular formula is C9H13N3O2. The highest BCUT2D eigenvalue weighted by Crippen LogP contribution is 2.00. The first-order valence-corrected chi connectivity index (χ1v) is 4.27. The average Bonchev–Trinajstić information content (AvgIpc) is 2.14. The zero-order valence-corrected chi connectivity index (χ0v) is 8.19. The van der Waals surface area contributed by atoms with Crippen LogP contribution in [0.1, 0.15) is 19.5 Å². The maximum atomic E-state index is 11.2. The standard InChI is InChI=1S/C9H13N3O2/c1-9(2,14)8(13)10-6-7-4-3-5-11-12-7/h3-5,14H,6H2,1-2H3,(H,10,13). The molecule has 1 amide bonds. The molecule has 5 heteroatoms. The molecule has 0 aliphatic heterocycles. The van der Waals surface area contributed by atoms with Crippen molar-refractivity contribution >= 4 is 5.91 Å². The quantitative estimate of drug-likeness (QED) is 0.704. The molecule has 1 rings (SSSR count). The highest BCUT2D eigenvalue weighted by molar-refractivity contribution is 5.83. The van der Waals surface area contributed by atoms with Crippen molar-refractivity contribution in [2.75, 3.05) is 0 Å². The Morgan fingerprint density at radius 1 is 1.64 bits per heavy atom. The Hall–Kier alpha value is -1.49. The summed E-state index contributed by atoms with van der Waals surface area (Å²) in [7, 11) is 0. The molecule has 0 spiro atoms. The Morgan fingerprint density at radius 2 is 2.36 bits per heavy atom. The zero-order valence-electron chi connectivity index (χ0n) is 8.19. The fourth-order valence-electron chi connectivity index (χ4n) is 0.815. The molecule has 0 atom stereocenters. The van der Waals surface area contributed by atoms with Crippen LogP contribution >= 0.6 is 0 Å². The van der Waals surface area contributed by atoms with E-state index in [9.17, 15) is 9.90 Å². The predicted molar refractivity (Wildman–Crippen MR) is 50.2 cm³/mol. The highest BCUT2D eigenvalue weighted by Gasteiger charge is 2.22. The summed E-state index contributed by atoms with van der Waals surface area (Å²) in [4.78, 5) is 11.2. The summed E-state index contributed by atoms with van der Waals surface area (Å²) in [5.74, 6) is -0.428. The molecule has 14 heavy (non-hydrogen) atoms. The van der Waals surface area contributed by atoms with Crippen LogP contribution in [0, 0.1) is 0 Å². The molecule has 0 radical (unpaired) electrons. The Bertz CT molecular complexity index is 306. The Labute approximate surface area is 82.2 Å². The molecule has 2 N–H and O–H groups in total. The van der Waals surface area contributed by atoms with E-state index in [1.165, 1.54) is 13.8 Å². The predicted octanol–water partition coefficient (Wildman–Crippen LogP) is -0.136. The number of nitrogens with one attached hydrogen (secondary N) is 1. The van der Waals surface area contributed by atoms with Gasteiger partial charge in [-0.3, -0.25) is 4.79 Å². The van der Waals surface area contributed by atoms with Crippen LogP contribution in [0.2, 0.25) is 0 Å². The third-order valence-electron chi connectivity index (χ3n) is 1.61. The molecule has 0 bridgehead atoms. The van der Waals surface area contributed by atoms with Crippen LogP contribution < -0.4 is 5.32 Å². The van der Waals surface area contributed by atoms with E-state index in [0.717, 1.165) is 0 Å². The SMILES string of the molecule is CC(C)(O)C(=O)NCc1cccnn1. The molecule has 0 aliphatic carbocycles. The van der Waals surface area contributed by atoms with Gasteiger partial charge in [0.2, 0.25) is 0 Å². The number of hydrogen-bond acceptors (Lipinski definition) is 4. The van der Waals surface area contributed by atoms with Crippen LogP contribution in [0.4, 0.5) is 0 Å². The maximum Gasteiger partial charge on any atom is 0.251 e. The van der Waals surface area contributed by atoms with Crippen molar-refractivity contribution in [3.63, 3.8) is 0 Å². The zero-order chi connectivity index (χ0) is 10.6. The number of carbonyl (C=O) groups excluding carboxylic acids is 1. The lowest BCUT2D eigenvalue weighted by atomic mass is 10.1. The molecule has 0 saturated heterocycles. The lowest BCUT2D eigenvalue weighted by Crippen LogP contribution is -2.41. The van der Waals surface area contributed by atoms with Crippen molar-refractivity contribution in [3.8, 4) is 0 Å². The lowest BCUT2D eigenvalue weighted by Gasteiger charge is -2.15. The topological polar surface area (TPSA) is 75.1 Å². The van der Waals surface area contributed by atoms with Gasteiger partial charge >= 0.3 is 0 Å². The molecule has 1 heterocycles. The highest BCUT2D eigenvalue weighted by atomic mass is 16.3. The van der Waals surface area contributed by atoms with Crippen molar-refractivity contribution in [3.05, 3.63) is 24.0 Å². The number of aliphatic hydroxyl groups is 1. The van der Waals surface area contributed by atoms with Crippen LogP contribution in [0.25, 0.3) is 0 Å². The fraction of sp³-hybridized carbons (Fsp3) is 0.444. The van der Waals surface area contributed by atoms with Gasteiger partial charge in [0.1, 0.15) is 5.60 Å². The average molecular weight is 195 g/mol. The Balaban J connectivity index is 2.46. The van der Waals surface area contributed by atoms with E-state index >= 15 is 0 Å². The van der Waals surface area contributed by atoms with Crippen LogP contribution in [0.5, 0.6) is 0 Å². The first-order valence-electron chi connectivity index (χ1n) is 4.27. The van der Waals surface area contributed by atoms with Crippen LogP contribution in [-0.2, 0) is 11.3 Å². The van der Waals surface area contributed by atoms with E-state index in [4.69, 9.17) is 0 Å². The molecule has 1 aromatic rings. The second kappa shape index (κ2) is 4.15. The molecular weight excluding hydrogens is 182 g/mol. The summed E-state index contributed by atoms with van der Waals surface area (Å²) in [5.41, 5.74) is -0.701. The normalized spacial score (nSPS) is 11.1. The van der Waals surface area contributed by atoms with E-state index in [-0.39, 0.29) is 6.54 Å². The number of hydrogen-bond donors (Lipinski definition) is 2. The van der Waals surface area contributed by atoms with Gasteiger partial charge in [0.15, 0.2) is 0 Å². The van der Waals surface area contributed by atoms with E-state index in [1.54, 1.807) is 18.3 Å². The lowest BCUT2D eigenvalue weighted by molar-refractivity contribution is -0.136. The smallest absolute Gasteiger partial charge is 0.251 e. The minimum absolute atomic E-state index is 0.274. The van der Waals surface area contributed by atoms with Gasteiger partial charge in [0, 0.05) is 6.20 Å². The van der Waals surface area contributed by atoms with E-state index in [2.05, 4.69) is 15.5 Å². The van der Waals surface area contributed by atoms with Gasteiger partial charge in [0.25, 0.3) is 5.91 Å². The summed E-state index contributed by atoms with van der Waals surface area (Å²) in [6.07, 6.45) is 1.56. The molecule has 5 nitrogen and oxygen atoms in total. The van der Waals surface area contributed by atoms with E-state index in [1.807, 2.05) is 0 Å². The largest absolute Gasteiger partial charge is 0.381 e. The number of carbonyl (C=O) groups is 1. The summed E-state index contributed by atoms with van der Waals surface area (Å²) in [6, 6.07) is 3.48. The van der Waals surface area contributed by atoms with Crippen molar-refractivity contribution in [1.82, 2.24) is 15.5 Å². The third kappa shape index (κ3) is 3.10. The number of nitrogens with zero attached hydrogens (tertiary/aromatic N) is 2. The van der Waals surface area contributed by atoms with Crippen molar-refractivity contribution in [1.29, 1.82) is 0 Å².